The third-order valence-corrected chi connectivity index (χ3v) is 6.52. The van der Waals surface area contributed by atoms with Gasteiger partial charge in [0.25, 0.3) is 0 Å². The predicted molar refractivity (Wildman–Crippen MR) is 122 cm³/mol. The maximum absolute atomic E-state index is 5.92. The van der Waals surface area contributed by atoms with Crippen LogP contribution in [0.3, 0.4) is 0 Å². The highest BCUT2D eigenvalue weighted by Crippen LogP contribution is 2.31. The van der Waals surface area contributed by atoms with Crippen molar-refractivity contribution in [2.75, 3.05) is 37.8 Å². The van der Waals surface area contributed by atoms with Crippen LogP contribution >= 0.6 is 11.8 Å². The van der Waals surface area contributed by atoms with Crippen LogP contribution in [0.2, 0.25) is 0 Å². The van der Waals surface area contributed by atoms with Crippen LogP contribution in [0.5, 0.6) is 5.75 Å². The molecule has 1 N–H and O–H groups in total. The first-order chi connectivity index (χ1) is 14.3. The van der Waals surface area contributed by atoms with E-state index in [4.69, 9.17) is 9.15 Å². The maximum Gasteiger partial charge on any atom is 0.142 e. The fourth-order valence-electron chi connectivity index (χ4n) is 3.88. The van der Waals surface area contributed by atoms with Gasteiger partial charge in [0.1, 0.15) is 17.1 Å². The summed E-state index contributed by atoms with van der Waals surface area (Å²) in [5, 5.41) is 4.62. The summed E-state index contributed by atoms with van der Waals surface area (Å²) in [6.45, 7) is 4.42. The first-order valence-electron chi connectivity index (χ1n) is 10.6. The minimum Gasteiger partial charge on any atom is -0.495 e. The Hall–Kier alpha value is -2.11. The van der Waals surface area contributed by atoms with Crippen molar-refractivity contribution in [3.63, 3.8) is 0 Å². The number of hydrogen-bond acceptors (Lipinski definition) is 5. The summed E-state index contributed by atoms with van der Waals surface area (Å²) in [4.78, 5) is 3.88. The maximum atomic E-state index is 5.92. The number of benzene rings is 2. The van der Waals surface area contributed by atoms with Crippen molar-refractivity contribution >= 4 is 28.4 Å². The molecule has 0 atom stereocenters. The van der Waals surface area contributed by atoms with Gasteiger partial charge >= 0.3 is 0 Å². The lowest BCUT2D eigenvalue weighted by Gasteiger charge is -2.26. The van der Waals surface area contributed by atoms with E-state index in [1.807, 2.05) is 36.0 Å². The van der Waals surface area contributed by atoms with Crippen molar-refractivity contribution in [2.24, 2.45) is 0 Å². The van der Waals surface area contributed by atoms with Gasteiger partial charge in [-0.05, 0) is 75.0 Å². The average Bonchev–Trinajstić information content (AvgIpc) is 3.19. The molecule has 1 aliphatic heterocycles. The van der Waals surface area contributed by atoms with Crippen molar-refractivity contribution in [1.29, 1.82) is 0 Å². The van der Waals surface area contributed by atoms with Crippen LogP contribution in [0, 0.1) is 0 Å². The van der Waals surface area contributed by atoms with Crippen LogP contribution in [-0.2, 0) is 6.54 Å². The lowest BCUT2D eigenvalue weighted by Crippen LogP contribution is -2.30. The molecule has 0 spiro atoms. The molecule has 1 fully saturated rings. The van der Waals surface area contributed by atoms with Crippen molar-refractivity contribution in [1.82, 2.24) is 4.90 Å². The number of anilines is 1. The minimum absolute atomic E-state index is 0.633. The molecule has 2 heterocycles. The molecule has 4 nitrogen and oxygen atoms in total. The van der Waals surface area contributed by atoms with E-state index in [1.54, 1.807) is 7.11 Å². The zero-order valence-corrected chi connectivity index (χ0v) is 18.0. The standard InChI is InChI=1S/C24H30N2O2S/c1-27-24-11-10-21(29-15-7-14-26-12-5-2-6-13-26)17-22(24)25-18-20-16-19-8-3-4-9-23(19)28-20/h3-4,8-11,16-17,25H,2,5-7,12-15,18H2,1H3. The van der Waals surface area contributed by atoms with E-state index in [1.165, 1.54) is 50.2 Å². The topological polar surface area (TPSA) is 37.6 Å². The third kappa shape index (κ3) is 5.49. The Kier molecular flexibility index (Phi) is 7.01. The first-order valence-corrected chi connectivity index (χ1v) is 11.5. The second-order valence-corrected chi connectivity index (χ2v) is 8.74. The van der Waals surface area contributed by atoms with Crippen molar-refractivity contribution < 1.29 is 9.15 Å². The molecular formula is C24H30N2O2S. The molecule has 5 heteroatoms. The molecule has 4 rings (SSSR count). The van der Waals surface area contributed by atoms with Gasteiger partial charge in [-0.25, -0.2) is 0 Å². The molecule has 1 aromatic heterocycles. The molecule has 0 radical (unpaired) electrons. The van der Waals surface area contributed by atoms with E-state index >= 15 is 0 Å². The predicted octanol–water partition coefficient (Wildman–Crippen LogP) is 6.02. The van der Waals surface area contributed by atoms with Crippen LogP contribution < -0.4 is 10.1 Å². The number of rotatable bonds is 9. The van der Waals surface area contributed by atoms with Gasteiger partial charge in [0.05, 0.1) is 19.3 Å². The SMILES string of the molecule is COc1ccc(SCCCN2CCCCC2)cc1NCc1cc2ccccc2o1. The van der Waals surface area contributed by atoms with Crippen molar-refractivity contribution in [3.8, 4) is 5.75 Å². The third-order valence-electron chi connectivity index (χ3n) is 5.44. The van der Waals surface area contributed by atoms with E-state index in [9.17, 15) is 0 Å². The number of methoxy groups -OCH3 is 1. The van der Waals surface area contributed by atoms with Gasteiger partial charge in [-0.15, -0.1) is 11.8 Å². The molecule has 0 saturated carbocycles. The number of piperidine rings is 1. The number of furan rings is 1. The van der Waals surface area contributed by atoms with Gasteiger partial charge in [-0.2, -0.15) is 0 Å². The van der Waals surface area contributed by atoms with Gasteiger partial charge in [-0.3, -0.25) is 0 Å². The molecule has 1 aliphatic rings. The fraction of sp³-hybridized carbons (Fsp3) is 0.417. The zero-order chi connectivity index (χ0) is 19.9. The number of likely N-dealkylation sites (tertiary alicyclic amines) is 1. The molecule has 0 unspecified atom stereocenters. The summed E-state index contributed by atoms with van der Waals surface area (Å²) in [6.07, 6.45) is 5.37. The zero-order valence-electron chi connectivity index (χ0n) is 17.2. The van der Waals surface area contributed by atoms with Crippen LogP contribution in [0.15, 0.2) is 57.8 Å². The average molecular weight is 411 g/mol. The summed E-state index contributed by atoms with van der Waals surface area (Å²) < 4.78 is 11.5. The molecule has 29 heavy (non-hydrogen) atoms. The smallest absolute Gasteiger partial charge is 0.142 e. The van der Waals surface area contributed by atoms with Crippen molar-refractivity contribution in [3.05, 3.63) is 54.3 Å². The number of thioether (sulfide) groups is 1. The molecular weight excluding hydrogens is 380 g/mol. The molecule has 3 aromatic rings. The molecule has 1 saturated heterocycles. The molecule has 0 bridgehead atoms. The van der Waals surface area contributed by atoms with Gasteiger partial charge in [0.15, 0.2) is 0 Å². The highest BCUT2D eigenvalue weighted by Gasteiger charge is 2.10. The summed E-state index contributed by atoms with van der Waals surface area (Å²) >= 11 is 1.92. The van der Waals surface area contributed by atoms with E-state index in [0.29, 0.717) is 6.54 Å². The highest BCUT2D eigenvalue weighted by molar-refractivity contribution is 7.99. The Morgan fingerprint density at radius 3 is 2.76 bits per heavy atom. The van der Waals surface area contributed by atoms with Crippen LogP contribution in [-0.4, -0.2) is 37.4 Å². The lowest BCUT2D eigenvalue weighted by atomic mass is 10.1. The van der Waals surface area contributed by atoms with Gasteiger partial charge in [0, 0.05) is 10.3 Å². The van der Waals surface area contributed by atoms with E-state index < -0.39 is 0 Å². The van der Waals surface area contributed by atoms with Gasteiger partial charge < -0.3 is 19.4 Å². The number of para-hydroxylation sites is 1. The summed E-state index contributed by atoms with van der Waals surface area (Å²) in [7, 11) is 1.72. The quantitative estimate of drug-likeness (QED) is 0.345. The van der Waals surface area contributed by atoms with Crippen molar-refractivity contribution in [2.45, 2.75) is 37.1 Å². The normalized spacial score (nSPS) is 14.9. The molecule has 0 aliphatic carbocycles. The van der Waals surface area contributed by atoms with E-state index in [0.717, 1.165) is 33.9 Å². The Morgan fingerprint density at radius 1 is 1.07 bits per heavy atom. The number of nitrogens with one attached hydrogen (secondary N) is 1. The number of fused-ring (bicyclic) bond motifs is 1. The second-order valence-electron chi connectivity index (χ2n) is 7.57. The second kappa shape index (κ2) is 10.1. The van der Waals surface area contributed by atoms with Crippen LogP contribution in [0.1, 0.15) is 31.4 Å². The monoisotopic (exact) mass is 410 g/mol. The van der Waals surface area contributed by atoms with Crippen LogP contribution in [0.25, 0.3) is 11.0 Å². The first kappa shape index (κ1) is 20.2. The molecule has 2 aromatic carbocycles. The van der Waals surface area contributed by atoms with E-state index in [-0.39, 0.29) is 0 Å². The van der Waals surface area contributed by atoms with Gasteiger partial charge in [0.2, 0.25) is 0 Å². The largest absolute Gasteiger partial charge is 0.495 e. The fourth-order valence-corrected chi connectivity index (χ4v) is 4.76. The minimum atomic E-state index is 0.633. The molecule has 154 valence electrons. The Balaban J connectivity index is 1.32. The Labute approximate surface area is 177 Å². The number of ether oxygens (including phenoxy) is 1. The summed E-state index contributed by atoms with van der Waals surface area (Å²) in [6, 6.07) is 16.6. The number of nitrogens with zero attached hydrogens (tertiary/aromatic N) is 1. The molecule has 0 amide bonds. The Bertz CT molecular complexity index is 885. The Morgan fingerprint density at radius 2 is 1.93 bits per heavy atom. The van der Waals surface area contributed by atoms with Gasteiger partial charge in [-0.1, -0.05) is 24.6 Å². The van der Waals surface area contributed by atoms with E-state index in [2.05, 4.69) is 34.5 Å². The lowest BCUT2D eigenvalue weighted by molar-refractivity contribution is 0.230. The highest BCUT2D eigenvalue weighted by atomic mass is 32.2. The number of hydrogen-bond donors (Lipinski definition) is 1. The summed E-state index contributed by atoms with van der Waals surface area (Å²) in [5.74, 6) is 2.93. The van der Waals surface area contributed by atoms with Crippen LogP contribution in [0.4, 0.5) is 5.69 Å². The summed E-state index contributed by atoms with van der Waals surface area (Å²) in [5.41, 5.74) is 1.93.